The molecule has 5 nitrogen and oxygen atoms in total. The Bertz CT molecular complexity index is 392. The van der Waals surface area contributed by atoms with Gasteiger partial charge in [-0.15, -0.1) is 0 Å². The number of carboxylic acid groups (broad SMARTS) is 1. The summed E-state index contributed by atoms with van der Waals surface area (Å²) < 4.78 is 5.87. The minimum atomic E-state index is -0.764. The van der Waals surface area contributed by atoms with E-state index < -0.39 is 5.97 Å². The Morgan fingerprint density at radius 2 is 1.83 bits per heavy atom. The highest BCUT2D eigenvalue weighted by Gasteiger charge is 2.31. The maximum atomic E-state index is 12.3. The Kier molecular flexibility index (Phi) is 7.34. The predicted octanol–water partition coefficient (Wildman–Crippen LogP) is 2.98. The van der Waals surface area contributed by atoms with Crippen molar-refractivity contribution in [1.82, 2.24) is 5.32 Å². The first-order valence-corrected chi connectivity index (χ1v) is 9.24. The zero-order valence-corrected chi connectivity index (χ0v) is 14.3. The number of carbonyl (C=O) groups excluding carboxylic acids is 1. The smallest absolute Gasteiger partial charge is 0.306 e. The van der Waals surface area contributed by atoms with Crippen molar-refractivity contribution in [2.45, 2.75) is 70.8 Å². The Labute approximate surface area is 139 Å². The number of ether oxygens (including phenoxy) is 1. The molecule has 2 aliphatic carbocycles. The summed E-state index contributed by atoms with van der Waals surface area (Å²) in [6.07, 6.45) is 9.00. The van der Waals surface area contributed by atoms with Gasteiger partial charge in [0.25, 0.3) is 0 Å². The summed E-state index contributed by atoms with van der Waals surface area (Å²) in [6.45, 7) is 3.38. The van der Waals surface area contributed by atoms with Crippen molar-refractivity contribution in [1.29, 1.82) is 0 Å². The van der Waals surface area contributed by atoms with E-state index in [2.05, 4.69) is 5.32 Å². The summed E-state index contributed by atoms with van der Waals surface area (Å²) in [5, 5.41) is 12.1. The van der Waals surface area contributed by atoms with Gasteiger partial charge in [-0.3, -0.25) is 9.59 Å². The van der Waals surface area contributed by atoms with Crippen LogP contribution in [0.2, 0.25) is 0 Å². The maximum Gasteiger partial charge on any atom is 0.306 e. The van der Waals surface area contributed by atoms with Gasteiger partial charge in [0, 0.05) is 19.1 Å². The molecule has 0 aromatic heterocycles. The number of rotatable bonds is 8. The highest BCUT2D eigenvalue weighted by atomic mass is 16.5. The lowest BCUT2D eigenvalue weighted by molar-refractivity contribution is -0.144. The van der Waals surface area contributed by atoms with E-state index in [0.717, 1.165) is 25.9 Å². The molecule has 132 valence electrons. The van der Waals surface area contributed by atoms with Crippen molar-refractivity contribution in [3.63, 3.8) is 0 Å². The first kappa shape index (κ1) is 18.2. The van der Waals surface area contributed by atoms with Crippen LogP contribution in [0.5, 0.6) is 0 Å². The Morgan fingerprint density at radius 1 is 1.13 bits per heavy atom. The van der Waals surface area contributed by atoms with E-state index in [4.69, 9.17) is 9.84 Å². The quantitative estimate of drug-likeness (QED) is 0.719. The molecule has 0 radical (unpaired) electrons. The van der Waals surface area contributed by atoms with E-state index in [1.165, 1.54) is 25.7 Å². The maximum absolute atomic E-state index is 12.3. The van der Waals surface area contributed by atoms with Crippen molar-refractivity contribution < 1.29 is 19.4 Å². The normalized spacial score (nSPS) is 26.8. The standard InChI is InChI=1S/C18H31NO4/c1-2-23-16(13-6-3-4-7-13)10-11-19-17(20)14-8-5-9-15(12-14)18(21)22/h13-16H,2-12H2,1H3,(H,19,20)(H,21,22). The third-order valence-electron chi connectivity index (χ3n) is 5.43. The summed E-state index contributed by atoms with van der Waals surface area (Å²) >= 11 is 0. The number of carboxylic acids is 1. The van der Waals surface area contributed by atoms with E-state index >= 15 is 0 Å². The summed E-state index contributed by atoms with van der Waals surface area (Å²) in [6, 6.07) is 0. The molecule has 5 heteroatoms. The lowest BCUT2D eigenvalue weighted by Crippen LogP contribution is -2.37. The minimum Gasteiger partial charge on any atom is -0.481 e. The molecule has 23 heavy (non-hydrogen) atoms. The van der Waals surface area contributed by atoms with Gasteiger partial charge >= 0.3 is 5.97 Å². The first-order chi connectivity index (χ1) is 11.1. The van der Waals surface area contributed by atoms with Gasteiger partial charge in [-0.1, -0.05) is 19.3 Å². The van der Waals surface area contributed by atoms with Crippen LogP contribution >= 0.6 is 0 Å². The number of hydrogen-bond donors (Lipinski definition) is 2. The Balaban J connectivity index is 1.73. The second-order valence-electron chi connectivity index (χ2n) is 7.02. The molecule has 2 saturated carbocycles. The van der Waals surface area contributed by atoms with Crippen LogP contribution in [0.1, 0.15) is 64.7 Å². The number of hydrogen-bond acceptors (Lipinski definition) is 3. The SMILES string of the molecule is CCOC(CCNC(=O)C1CCCC(C(=O)O)C1)C1CCCC1. The van der Waals surface area contributed by atoms with Gasteiger partial charge in [-0.25, -0.2) is 0 Å². The van der Waals surface area contributed by atoms with Crippen LogP contribution in [0, 0.1) is 17.8 Å². The molecule has 3 unspecified atom stereocenters. The number of aliphatic carboxylic acids is 1. The summed E-state index contributed by atoms with van der Waals surface area (Å²) in [5.74, 6) is -0.591. The van der Waals surface area contributed by atoms with Gasteiger partial charge in [0.1, 0.15) is 0 Å². The monoisotopic (exact) mass is 325 g/mol. The molecule has 2 fully saturated rings. The average Bonchev–Trinajstić information content (AvgIpc) is 3.08. The van der Waals surface area contributed by atoms with Gasteiger partial charge in [0.05, 0.1) is 12.0 Å². The van der Waals surface area contributed by atoms with Crippen molar-refractivity contribution in [2.24, 2.45) is 17.8 Å². The predicted molar refractivity (Wildman–Crippen MR) is 88.1 cm³/mol. The molecule has 0 aromatic carbocycles. The minimum absolute atomic E-state index is 0.0256. The summed E-state index contributed by atoms with van der Waals surface area (Å²) in [5.41, 5.74) is 0. The summed E-state index contributed by atoms with van der Waals surface area (Å²) in [7, 11) is 0. The number of carbonyl (C=O) groups is 2. The van der Waals surface area contributed by atoms with Crippen molar-refractivity contribution in [3.8, 4) is 0 Å². The lowest BCUT2D eigenvalue weighted by Gasteiger charge is -2.27. The fourth-order valence-corrected chi connectivity index (χ4v) is 4.13. The van der Waals surface area contributed by atoms with Crippen LogP contribution < -0.4 is 5.32 Å². The molecule has 3 atom stereocenters. The van der Waals surface area contributed by atoms with Gasteiger partial charge in [-0.2, -0.15) is 0 Å². The number of nitrogens with one attached hydrogen (secondary N) is 1. The van der Waals surface area contributed by atoms with Crippen LogP contribution in [0.4, 0.5) is 0 Å². The molecule has 0 heterocycles. The van der Waals surface area contributed by atoms with Crippen LogP contribution in [-0.4, -0.2) is 36.2 Å². The molecular formula is C18H31NO4. The Hall–Kier alpha value is -1.10. The topological polar surface area (TPSA) is 75.6 Å². The molecule has 2 N–H and O–H groups in total. The number of amides is 1. The van der Waals surface area contributed by atoms with Crippen molar-refractivity contribution in [3.05, 3.63) is 0 Å². The molecular weight excluding hydrogens is 294 g/mol. The van der Waals surface area contributed by atoms with Gasteiger partial charge in [0.2, 0.25) is 5.91 Å². The molecule has 2 rings (SSSR count). The van der Waals surface area contributed by atoms with E-state index in [-0.39, 0.29) is 23.8 Å². The van der Waals surface area contributed by atoms with Crippen molar-refractivity contribution >= 4 is 11.9 Å². The zero-order valence-electron chi connectivity index (χ0n) is 14.3. The zero-order chi connectivity index (χ0) is 16.7. The fraction of sp³-hybridized carbons (Fsp3) is 0.889. The average molecular weight is 325 g/mol. The van der Waals surface area contributed by atoms with Crippen molar-refractivity contribution in [2.75, 3.05) is 13.2 Å². The second kappa shape index (κ2) is 9.26. The second-order valence-corrected chi connectivity index (χ2v) is 7.02. The Morgan fingerprint density at radius 3 is 2.48 bits per heavy atom. The third kappa shape index (κ3) is 5.48. The van der Waals surface area contributed by atoms with Crippen LogP contribution in [0.3, 0.4) is 0 Å². The third-order valence-corrected chi connectivity index (χ3v) is 5.43. The first-order valence-electron chi connectivity index (χ1n) is 9.24. The molecule has 0 aliphatic heterocycles. The van der Waals surface area contributed by atoms with Gasteiger partial charge < -0.3 is 15.2 Å². The van der Waals surface area contributed by atoms with Crippen LogP contribution in [0.15, 0.2) is 0 Å². The van der Waals surface area contributed by atoms with E-state index in [9.17, 15) is 9.59 Å². The summed E-state index contributed by atoms with van der Waals surface area (Å²) in [4.78, 5) is 23.4. The molecule has 1 amide bonds. The lowest BCUT2D eigenvalue weighted by atomic mass is 9.81. The van der Waals surface area contributed by atoms with Crippen LogP contribution in [0.25, 0.3) is 0 Å². The fourth-order valence-electron chi connectivity index (χ4n) is 4.13. The molecule has 0 spiro atoms. The highest BCUT2D eigenvalue weighted by molar-refractivity contribution is 5.80. The van der Waals surface area contributed by atoms with E-state index in [0.29, 0.717) is 25.3 Å². The van der Waals surface area contributed by atoms with Gasteiger partial charge in [-0.05, 0) is 51.4 Å². The molecule has 2 aliphatic rings. The molecule has 0 bridgehead atoms. The van der Waals surface area contributed by atoms with E-state index in [1.54, 1.807) is 0 Å². The molecule has 0 aromatic rings. The van der Waals surface area contributed by atoms with Gasteiger partial charge in [0.15, 0.2) is 0 Å². The highest BCUT2D eigenvalue weighted by Crippen LogP contribution is 2.31. The largest absolute Gasteiger partial charge is 0.481 e. The molecule has 0 saturated heterocycles. The van der Waals surface area contributed by atoms with Crippen LogP contribution in [-0.2, 0) is 14.3 Å². The van der Waals surface area contributed by atoms with E-state index in [1.807, 2.05) is 6.92 Å².